The Hall–Kier alpha value is -2.35. The number of anilines is 1. The Morgan fingerprint density at radius 1 is 1.52 bits per heavy atom. The number of benzene rings is 1. The molecule has 1 saturated heterocycles. The second-order valence-corrected chi connectivity index (χ2v) is 4.79. The summed E-state index contributed by atoms with van der Waals surface area (Å²) in [6.07, 6.45) is -1.36. The lowest BCUT2D eigenvalue weighted by Crippen LogP contribution is -2.50. The van der Waals surface area contributed by atoms with Crippen LogP contribution in [0.25, 0.3) is 0 Å². The first-order chi connectivity index (χ1) is 9.92. The van der Waals surface area contributed by atoms with Crippen LogP contribution in [0.15, 0.2) is 18.2 Å². The van der Waals surface area contributed by atoms with Gasteiger partial charge in [-0.15, -0.1) is 0 Å². The standard InChI is InChI=1S/C13H16N2O6/c1-8-6-14(7-12(21-8)13(16)17)11-5-9(20-2)3-4-10(11)15(18)19/h3-5,8,12H,6-7H2,1-2H3,(H,16,17)/t8-,12-/m1/s1. The Morgan fingerprint density at radius 2 is 2.24 bits per heavy atom. The van der Waals surface area contributed by atoms with Crippen molar-refractivity contribution in [2.45, 2.75) is 19.1 Å². The molecule has 114 valence electrons. The van der Waals surface area contributed by atoms with Crippen molar-refractivity contribution in [3.63, 3.8) is 0 Å². The van der Waals surface area contributed by atoms with Crippen LogP contribution < -0.4 is 9.64 Å². The summed E-state index contributed by atoms with van der Waals surface area (Å²) in [6.45, 7) is 2.15. The van der Waals surface area contributed by atoms with Crippen LogP contribution >= 0.6 is 0 Å². The van der Waals surface area contributed by atoms with Crippen LogP contribution in [0.4, 0.5) is 11.4 Å². The van der Waals surface area contributed by atoms with Gasteiger partial charge in [0.1, 0.15) is 11.4 Å². The fourth-order valence-corrected chi connectivity index (χ4v) is 2.32. The maximum absolute atomic E-state index is 11.2. The maximum atomic E-state index is 11.2. The number of rotatable bonds is 4. The van der Waals surface area contributed by atoms with Crippen molar-refractivity contribution in [3.8, 4) is 5.75 Å². The number of carboxylic acid groups (broad SMARTS) is 1. The van der Waals surface area contributed by atoms with E-state index in [4.69, 9.17) is 14.6 Å². The zero-order chi connectivity index (χ0) is 15.6. The second kappa shape index (κ2) is 5.96. The van der Waals surface area contributed by atoms with E-state index in [2.05, 4.69) is 0 Å². The third-order valence-electron chi connectivity index (χ3n) is 3.26. The van der Waals surface area contributed by atoms with Crippen LogP contribution in [0.5, 0.6) is 5.75 Å². The third-order valence-corrected chi connectivity index (χ3v) is 3.26. The number of carboxylic acids is 1. The van der Waals surface area contributed by atoms with Gasteiger partial charge in [0.15, 0.2) is 6.10 Å². The molecule has 0 unspecified atom stereocenters. The van der Waals surface area contributed by atoms with E-state index in [0.717, 1.165) is 0 Å². The topological polar surface area (TPSA) is 102 Å². The summed E-state index contributed by atoms with van der Waals surface area (Å²) in [6, 6.07) is 4.39. The molecular formula is C13H16N2O6. The Labute approximate surface area is 121 Å². The molecule has 1 aliphatic heterocycles. The molecule has 1 heterocycles. The van der Waals surface area contributed by atoms with Gasteiger partial charge in [-0.25, -0.2) is 4.79 Å². The predicted octanol–water partition coefficient (Wildman–Crippen LogP) is 1.28. The molecule has 1 N–H and O–H groups in total. The number of hydrogen-bond donors (Lipinski definition) is 1. The van der Waals surface area contributed by atoms with Crippen molar-refractivity contribution in [3.05, 3.63) is 28.3 Å². The van der Waals surface area contributed by atoms with Crippen LogP contribution in [-0.2, 0) is 9.53 Å². The average Bonchev–Trinajstić information content (AvgIpc) is 2.45. The van der Waals surface area contributed by atoms with Gasteiger partial charge in [-0.3, -0.25) is 10.1 Å². The van der Waals surface area contributed by atoms with Crippen LogP contribution in [0.1, 0.15) is 6.92 Å². The lowest BCUT2D eigenvalue weighted by atomic mass is 10.1. The molecule has 0 bridgehead atoms. The summed E-state index contributed by atoms with van der Waals surface area (Å²) in [5.41, 5.74) is 0.245. The largest absolute Gasteiger partial charge is 0.497 e. The fraction of sp³-hybridized carbons (Fsp3) is 0.462. The van der Waals surface area contributed by atoms with E-state index in [1.165, 1.54) is 25.3 Å². The molecule has 1 aromatic rings. The van der Waals surface area contributed by atoms with E-state index in [9.17, 15) is 14.9 Å². The van der Waals surface area contributed by atoms with Gasteiger partial charge in [0.25, 0.3) is 5.69 Å². The van der Waals surface area contributed by atoms with Gasteiger partial charge in [0.2, 0.25) is 0 Å². The van der Waals surface area contributed by atoms with Crippen molar-refractivity contribution in [2.75, 3.05) is 25.1 Å². The molecule has 21 heavy (non-hydrogen) atoms. The van der Waals surface area contributed by atoms with Gasteiger partial charge >= 0.3 is 5.97 Å². The number of hydrogen-bond acceptors (Lipinski definition) is 6. The molecule has 0 aromatic heterocycles. The predicted molar refractivity (Wildman–Crippen MR) is 73.8 cm³/mol. The van der Waals surface area contributed by atoms with E-state index < -0.39 is 17.0 Å². The van der Waals surface area contributed by atoms with Gasteiger partial charge in [-0.05, 0) is 13.0 Å². The van der Waals surface area contributed by atoms with E-state index in [0.29, 0.717) is 18.0 Å². The molecule has 2 atom stereocenters. The zero-order valence-corrected chi connectivity index (χ0v) is 11.7. The van der Waals surface area contributed by atoms with Crippen molar-refractivity contribution in [1.29, 1.82) is 0 Å². The first kappa shape index (κ1) is 15.0. The Bertz CT molecular complexity index is 562. The highest BCUT2D eigenvalue weighted by molar-refractivity contribution is 5.75. The number of carbonyl (C=O) groups is 1. The molecule has 0 saturated carbocycles. The number of ether oxygens (including phenoxy) is 2. The van der Waals surface area contributed by atoms with Crippen LogP contribution in [-0.4, -0.2) is 48.4 Å². The minimum atomic E-state index is -1.09. The normalized spacial score (nSPS) is 21.9. The molecule has 8 heteroatoms. The molecule has 2 rings (SSSR count). The van der Waals surface area contributed by atoms with Gasteiger partial charge in [-0.1, -0.05) is 0 Å². The number of aliphatic carboxylic acids is 1. The van der Waals surface area contributed by atoms with Crippen LogP contribution in [0, 0.1) is 10.1 Å². The number of morpholine rings is 1. The monoisotopic (exact) mass is 296 g/mol. The first-order valence-corrected chi connectivity index (χ1v) is 6.38. The summed E-state index contributed by atoms with van der Waals surface area (Å²) in [5, 5.41) is 20.2. The number of nitro groups is 1. The SMILES string of the molecule is COc1ccc([N+](=O)[O-])c(N2C[C@@H](C)O[C@@H](C(=O)O)C2)c1. The van der Waals surface area contributed by atoms with Crippen molar-refractivity contribution >= 4 is 17.3 Å². The Morgan fingerprint density at radius 3 is 2.81 bits per heavy atom. The highest BCUT2D eigenvalue weighted by Gasteiger charge is 2.33. The lowest BCUT2D eigenvalue weighted by Gasteiger charge is -2.36. The summed E-state index contributed by atoms with van der Waals surface area (Å²) in [7, 11) is 1.47. The second-order valence-electron chi connectivity index (χ2n) is 4.79. The number of nitrogens with zero attached hydrogens (tertiary/aromatic N) is 2. The average molecular weight is 296 g/mol. The lowest BCUT2D eigenvalue weighted by molar-refractivity contribution is -0.384. The third kappa shape index (κ3) is 3.22. The van der Waals surface area contributed by atoms with E-state index >= 15 is 0 Å². The fourth-order valence-electron chi connectivity index (χ4n) is 2.32. The molecule has 0 aliphatic carbocycles. The summed E-state index contributed by atoms with van der Waals surface area (Å²) >= 11 is 0. The van der Waals surface area contributed by atoms with Crippen molar-refractivity contribution in [1.82, 2.24) is 0 Å². The van der Waals surface area contributed by atoms with Crippen LogP contribution in [0.2, 0.25) is 0 Å². The Kier molecular flexibility index (Phi) is 4.27. The smallest absolute Gasteiger partial charge is 0.334 e. The zero-order valence-electron chi connectivity index (χ0n) is 11.7. The highest BCUT2D eigenvalue weighted by Crippen LogP contribution is 2.33. The minimum Gasteiger partial charge on any atom is -0.497 e. The summed E-state index contributed by atoms with van der Waals surface area (Å²) < 4.78 is 10.4. The first-order valence-electron chi connectivity index (χ1n) is 6.38. The molecule has 0 amide bonds. The summed E-state index contributed by atoms with van der Waals surface area (Å²) in [4.78, 5) is 23.4. The molecule has 0 spiro atoms. The van der Waals surface area contributed by atoms with Crippen molar-refractivity contribution in [2.24, 2.45) is 0 Å². The quantitative estimate of drug-likeness (QED) is 0.659. The maximum Gasteiger partial charge on any atom is 0.334 e. The molecule has 1 aliphatic rings. The minimum absolute atomic E-state index is 0.0493. The van der Waals surface area contributed by atoms with E-state index in [-0.39, 0.29) is 18.3 Å². The van der Waals surface area contributed by atoms with Crippen LogP contribution in [0.3, 0.4) is 0 Å². The summed E-state index contributed by atoms with van der Waals surface area (Å²) in [5.74, 6) is -0.612. The van der Waals surface area contributed by atoms with E-state index in [1.54, 1.807) is 11.8 Å². The molecule has 1 aromatic carbocycles. The van der Waals surface area contributed by atoms with Gasteiger partial charge < -0.3 is 19.5 Å². The number of methoxy groups -OCH3 is 1. The number of nitro benzene ring substituents is 1. The van der Waals surface area contributed by atoms with Gasteiger partial charge in [0, 0.05) is 18.7 Å². The molecule has 1 fully saturated rings. The van der Waals surface area contributed by atoms with E-state index in [1.807, 2.05) is 0 Å². The molecule has 0 radical (unpaired) electrons. The molecule has 8 nitrogen and oxygen atoms in total. The van der Waals surface area contributed by atoms with Crippen molar-refractivity contribution < 1.29 is 24.3 Å². The highest BCUT2D eigenvalue weighted by atomic mass is 16.6. The Balaban J connectivity index is 2.38. The van der Waals surface area contributed by atoms with Gasteiger partial charge in [0.05, 0.1) is 24.7 Å². The van der Waals surface area contributed by atoms with Gasteiger partial charge in [-0.2, -0.15) is 0 Å². The molecular weight excluding hydrogens is 280 g/mol.